The first-order valence-corrected chi connectivity index (χ1v) is 4.62. The fourth-order valence-corrected chi connectivity index (χ4v) is 1.03. The predicted molar refractivity (Wildman–Crippen MR) is 58.1 cm³/mol. The van der Waals surface area contributed by atoms with Crippen LogP contribution in [0.1, 0.15) is 10.4 Å². The number of hydrogen-bond donors (Lipinski definition) is 1. The van der Waals surface area contributed by atoms with Gasteiger partial charge >= 0.3 is 5.97 Å². The van der Waals surface area contributed by atoms with Crippen molar-refractivity contribution in [3.63, 3.8) is 0 Å². The molecule has 84 valence electrons. The van der Waals surface area contributed by atoms with Gasteiger partial charge in [0, 0.05) is 0 Å². The Bertz CT molecular complexity index is 388. The summed E-state index contributed by atoms with van der Waals surface area (Å²) in [6.45, 7) is 0.0219. The van der Waals surface area contributed by atoms with Crippen LogP contribution in [0.5, 0.6) is 5.75 Å². The number of benzene rings is 1. The van der Waals surface area contributed by atoms with Crippen molar-refractivity contribution in [3.8, 4) is 18.1 Å². The SMILES string of the molecule is C#C[C@H](O)COc1ccc(C(=O)OC)cc1. The van der Waals surface area contributed by atoms with Gasteiger partial charge in [0.2, 0.25) is 0 Å². The molecule has 4 nitrogen and oxygen atoms in total. The first kappa shape index (κ1) is 12.1. The van der Waals surface area contributed by atoms with E-state index in [9.17, 15) is 4.79 Å². The fourth-order valence-electron chi connectivity index (χ4n) is 1.03. The van der Waals surface area contributed by atoms with Crippen molar-refractivity contribution in [2.45, 2.75) is 6.10 Å². The second-order valence-electron chi connectivity index (χ2n) is 3.01. The highest BCUT2D eigenvalue weighted by Gasteiger charge is 2.05. The predicted octanol–water partition coefficient (Wildman–Crippen LogP) is 0.846. The molecule has 0 saturated carbocycles. The second-order valence-corrected chi connectivity index (χ2v) is 3.01. The summed E-state index contributed by atoms with van der Waals surface area (Å²) < 4.78 is 9.73. The van der Waals surface area contributed by atoms with Crippen LogP contribution in [0.3, 0.4) is 0 Å². The van der Waals surface area contributed by atoms with Crippen molar-refractivity contribution in [1.29, 1.82) is 0 Å². The van der Waals surface area contributed by atoms with Crippen molar-refractivity contribution < 1.29 is 19.4 Å². The molecule has 0 bridgehead atoms. The molecule has 4 heteroatoms. The van der Waals surface area contributed by atoms with Gasteiger partial charge in [0.25, 0.3) is 0 Å². The molecule has 1 aromatic carbocycles. The monoisotopic (exact) mass is 220 g/mol. The molecule has 1 rings (SSSR count). The third kappa shape index (κ3) is 3.30. The molecule has 0 radical (unpaired) electrons. The second kappa shape index (κ2) is 5.79. The van der Waals surface area contributed by atoms with E-state index in [0.29, 0.717) is 11.3 Å². The van der Waals surface area contributed by atoms with E-state index in [4.69, 9.17) is 16.3 Å². The normalized spacial score (nSPS) is 11.3. The van der Waals surface area contributed by atoms with E-state index in [-0.39, 0.29) is 6.61 Å². The zero-order chi connectivity index (χ0) is 12.0. The van der Waals surface area contributed by atoms with Gasteiger partial charge in [0.15, 0.2) is 0 Å². The fraction of sp³-hybridized carbons (Fsp3) is 0.250. The standard InChI is InChI=1S/C12H12O4/c1-3-10(13)8-16-11-6-4-9(5-7-11)12(14)15-2/h1,4-7,10,13H,8H2,2H3/t10-/m0/s1. The molecule has 0 aromatic heterocycles. The Balaban J connectivity index is 2.59. The van der Waals surface area contributed by atoms with Gasteiger partial charge in [-0.05, 0) is 24.3 Å². The smallest absolute Gasteiger partial charge is 0.337 e. The zero-order valence-corrected chi connectivity index (χ0v) is 8.84. The highest BCUT2D eigenvalue weighted by molar-refractivity contribution is 5.89. The number of aliphatic hydroxyl groups is 1. The van der Waals surface area contributed by atoms with E-state index in [1.54, 1.807) is 24.3 Å². The van der Waals surface area contributed by atoms with E-state index in [2.05, 4.69) is 10.7 Å². The molecule has 0 saturated heterocycles. The van der Waals surface area contributed by atoms with Gasteiger partial charge in [-0.3, -0.25) is 0 Å². The lowest BCUT2D eigenvalue weighted by molar-refractivity contribution is 0.0600. The molecule has 1 atom stereocenters. The summed E-state index contributed by atoms with van der Waals surface area (Å²) in [5, 5.41) is 9.06. The van der Waals surface area contributed by atoms with Crippen LogP contribution in [-0.2, 0) is 4.74 Å². The maximum absolute atomic E-state index is 11.1. The van der Waals surface area contributed by atoms with Crippen LogP contribution in [-0.4, -0.2) is 30.9 Å². The van der Waals surface area contributed by atoms with Crippen molar-refractivity contribution >= 4 is 5.97 Å². The van der Waals surface area contributed by atoms with Gasteiger partial charge < -0.3 is 14.6 Å². The minimum absolute atomic E-state index is 0.0219. The van der Waals surface area contributed by atoms with Gasteiger partial charge in [-0.2, -0.15) is 0 Å². The molecule has 16 heavy (non-hydrogen) atoms. The molecule has 0 fully saturated rings. The molecule has 0 aliphatic carbocycles. The molecule has 0 aliphatic rings. The third-order valence-corrected chi connectivity index (χ3v) is 1.88. The van der Waals surface area contributed by atoms with Crippen LogP contribution < -0.4 is 4.74 Å². The number of aliphatic hydroxyl groups excluding tert-OH is 1. The molecular weight excluding hydrogens is 208 g/mol. The Labute approximate surface area is 93.8 Å². The van der Waals surface area contributed by atoms with Crippen molar-refractivity contribution in [2.24, 2.45) is 0 Å². The number of rotatable bonds is 4. The van der Waals surface area contributed by atoms with Crippen LogP contribution in [0, 0.1) is 12.3 Å². The maximum atomic E-state index is 11.1. The van der Waals surface area contributed by atoms with E-state index >= 15 is 0 Å². The Kier molecular flexibility index (Phi) is 4.37. The van der Waals surface area contributed by atoms with E-state index in [0.717, 1.165) is 0 Å². The largest absolute Gasteiger partial charge is 0.490 e. The van der Waals surface area contributed by atoms with Gasteiger partial charge in [0.1, 0.15) is 18.5 Å². The Morgan fingerprint density at radius 3 is 2.62 bits per heavy atom. The van der Waals surface area contributed by atoms with Crippen LogP contribution in [0.4, 0.5) is 0 Å². The molecule has 0 amide bonds. The minimum atomic E-state index is -0.930. The van der Waals surface area contributed by atoms with Gasteiger partial charge in [-0.1, -0.05) is 5.92 Å². The maximum Gasteiger partial charge on any atom is 0.337 e. The summed E-state index contributed by atoms with van der Waals surface area (Å²) >= 11 is 0. The van der Waals surface area contributed by atoms with Crippen LogP contribution in [0.15, 0.2) is 24.3 Å². The lowest BCUT2D eigenvalue weighted by Crippen LogP contribution is -2.14. The lowest BCUT2D eigenvalue weighted by Gasteiger charge is -2.07. The van der Waals surface area contributed by atoms with Crippen LogP contribution in [0.2, 0.25) is 0 Å². The Morgan fingerprint density at radius 2 is 2.12 bits per heavy atom. The van der Waals surface area contributed by atoms with Gasteiger partial charge in [-0.15, -0.1) is 6.42 Å². The zero-order valence-electron chi connectivity index (χ0n) is 8.84. The van der Waals surface area contributed by atoms with Gasteiger partial charge in [-0.25, -0.2) is 4.79 Å². The van der Waals surface area contributed by atoms with Crippen LogP contribution >= 0.6 is 0 Å². The number of ether oxygens (including phenoxy) is 2. The van der Waals surface area contributed by atoms with E-state index < -0.39 is 12.1 Å². The molecule has 0 spiro atoms. The molecular formula is C12H12O4. The first-order chi connectivity index (χ1) is 7.67. The highest BCUT2D eigenvalue weighted by Crippen LogP contribution is 2.12. The first-order valence-electron chi connectivity index (χ1n) is 4.62. The van der Waals surface area contributed by atoms with E-state index in [1.807, 2.05) is 0 Å². The lowest BCUT2D eigenvalue weighted by atomic mass is 10.2. The summed E-state index contributed by atoms with van der Waals surface area (Å²) in [5.41, 5.74) is 0.437. The van der Waals surface area contributed by atoms with Crippen LogP contribution in [0.25, 0.3) is 0 Å². The molecule has 0 aliphatic heterocycles. The average Bonchev–Trinajstić information content (AvgIpc) is 2.35. The Morgan fingerprint density at radius 1 is 1.50 bits per heavy atom. The van der Waals surface area contributed by atoms with Crippen molar-refractivity contribution in [3.05, 3.63) is 29.8 Å². The average molecular weight is 220 g/mol. The Hall–Kier alpha value is -1.99. The van der Waals surface area contributed by atoms with Crippen molar-refractivity contribution in [1.82, 2.24) is 0 Å². The summed E-state index contributed by atoms with van der Waals surface area (Å²) in [6.07, 6.45) is 4.05. The summed E-state index contributed by atoms with van der Waals surface area (Å²) in [4.78, 5) is 11.1. The third-order valence-electron chi connectivity index (χ3n) is 1.88. The molecule has 1 N–H and O–H groups in total. The minimum Gasteiger partial charge on any atom is -0.490 e. The molecule has 0 unspecified atom stereocenters. The number of terminal acetylenes is 1. The molecule has 0 heterocycles. The number of carbonyl (C=O) groups is 1. The summed E-state index contributed by atoms with van der Waals surface area (Å²) in [5.74, 6) is 2.25. The number of hydrogen-bond acceptors (Lipinski definition) is 4. The van der Waals surface area contributed by atoms with Crippen molar-refractivity contribution in [2.75, 3.05) is 13.7 Å². The topological polar surface area (TPSA) is 55.8 Å². The number of methoxy groups -OCH3 is 1. The summed E-state index contributed by atoms with van der Waals surface area (Å²) in [7, 11) is 1.32. The summed E-state index contributed by atoms with van der Waals surface area (Å²) in [6, 6.07) is 6.36. The number of carbonyl (C=O) groups excluding carboxylic acids is 1. The quantitative estimate of drug-likeness (QED) is 0.603. The van der Waals surface area contributed by atoms with E-state index in [1.165, 1.54) is 7.11 Å². The molecule has 1 aromatic rings. The highest BCUT2D eigenvalue weighted by atomic mass is 16.5. The van der Waals surface area contributed by atoms with Gasteiger partial charge in [0.05, 0.1) is 12.7 Å². The number of esters is 1.